The molecule has 0 radical (unpaired) electrons. The number of amides is 1. The van der Waals surface area contributed by atoms with Crippen LogP contribution in [0.15, 0.2) is 84.2 Å². The first-order valence-corrected chi connectivity index (χ1v) is 12.6. The normalized spacial score (nSPS) is 11.1. The molecule has 0 saturated carbocycles. The molecule has 0 saturated heterocycles. The van der Waals surface area contributed by atoms with Crippen LogP contribution in [0.25, 0.3) is 22.0 Å². The number of thiophene rings is 1. The van der Waals surface area contributed by atoms with Crippen molar-refractivity contribution in [1.29, 1.82) is 0 Å². The molecule has 0 aliphatic carbocycles. The monoisotopic (exact) mass is 494 g/mol. The molecule has 2 heterocycles. The van der Waals surface area contributed by atoms with E-state index in [1.165, 1.54) is 0 Å². The van der Waals surface area contributed by atoms with E-state index >= 15 is 0 Å². The maximum Gasteiger partial charge on any atom is 0.336 e. The Morgan fingerprint density at radius 3 is 2.39 bits per heavy atom. The van der Waals surface area contributed by atoms with E-state index in [9.17, 15) is 14.7 Å². The molecule has 0 aliphatic rings. The van der Waals surface area contributed by atoms with Crippen molar-refractivity contribution in [3.05, 3.63) is 112 Å². The van der Waals surface area contributed by atoms with Crippen LogP contribution in [0.1, 0.15) is 37.5 Å². The Morgan fingerprint density at radius 2 is 1.69 bits per heavy atom. The number of aryl methyl sites for hydroxylation is 1. The molecule has 5 rings (SSSR count). The third-order valence-electron chi connectivity index (χ3n) is 6.79. The molecule has 36 heavy (non-hydrogen) atoms. The van der Waals surface area contributed by atoms with E-state index in [-0.39, 0.29) is 5.91 Å². The van der Waals surface area contributed by atoms with Gasteiger partial charge in [-0.25, -0.2) is 4.79 Å². The lowest BCUT2D eigenvalue weighted by atomic mass is 9.99. The van der Waals surface area contributed by atoms with Gasteiger partial charge in [0.1, 0.15) is 0 Å². The molecule has 0 atom stereocenters. The average Bonchev–Trinajstić information content (AvgIpc) is 3.52. The SMILES string of the molecule is Cc1c(C)n(Cc2ccc(-c3ccccc3C(=O)O)cc2)c2ccc(C(=O)N(C)c3cccs3)cc12. The predicted octanol–water partition coefficient (Wildman–Crippen LogP) is 7.01. The second kappa shape index (κ2) is 9.47. The first-order chi connectivity index (χ1) is 17.3. The third-order valence-corrected chi connectivity index (χ3v) is 7.74. The van der Waals surface area contributed by atoms with Crippen LogP contribution in [-0.2, 0) is 6.54 Å². The number of anilines is 1. The number of nitrogens with zero attached hydrogens (tertiary/aromatic N) is 2. The van der Waals surface area contributed by atoms with Crippen LogP contribution in [0.2, 0.25) is 0 Å². The molecule has 180 valence electrons. The van der Waals surface area contributed by atoms with Crippen LogP contribution in [0.3, 0.4) is 0 Å². The molecular weight excluding hydrogens is 468 g/mol. The smallest absolute Gasteiger partial charge is 0.336 e. The lowest BCUT2D eigenvalue weighted by Gasteiger charge is -2.15. The van der Waals surface area contributed by atoms with Crippen LogP contribution in [-0.4, -0.2) is 28.6 Å². The second-order valence-electron chi connectivity index (χ2n) is 8.89. The van der Waals surface area contributed by atoms with E-state index in [2.05, 4.69) is 18.4 Å². The number of benzene rings is 3. The summed E-state index contributed by atoms with van der Waals surface area (Å²) in [7, 11) is 1.81. The molecule has 3 aromatic carbocycles. The summed E-state index contributed by atoms with van der Waals surface area (Å²) >= 11 is 1.54. The maximum absolute atomic E-state index is 13.1. The van der Waals surface area contributed by atoms with Crippen molar-refractivity contribution in [2.24, 2.45) is 0 Å². The number of carboxylic acid groups (broad SMARTS) is 1. The van der Waals surface area contributed by atoms with Gasteiger partial charge in [-0.05, 0) is 77.9 Å². The summed E-state index contributed by atoms with van der Waals surface area (Å²) in [5, 5.41) is 13.5. The summed E-state index contributed by atoms with van der Waals surface area (Å²) in [6.07, 6.45) is 0. The third kappa shape index (κ3) is 4.20. The van der Waals surface area contributed by atoms with Crippen LogP contribution in [0.4, 0.5) is 5.00 Å². The minimum Gasteiger partial charge on any atom is -0.478 e. The highest BCUT2D eigenvalue weighted by Gasteiger charge is 2.18. The topological polar surface area (TPSA) is 62.5 Å². The Labute approximate surface area is 213 Å². The van der Waals surface area contributed by atoms with Crippen molar-refractivity contribution in [2.45, 2.75) is 20.4 Å². The lowest BCUT2D eigenvalue weighted by Crippen LogP contribution is -2.25. The van der Waals surface area contributed by atoms with Crippen molar-refractivity contribution in [3.8, 4) is 11.1 Å². The number of hydrogen-bond acceptors (Lipinski definition) is 3. The first-order valence-electron chi connectivity index (χ1n) is 11.7. The molecule has 6 heteroatoms. The maximum atomic E-state index is 13.1. The van der Waals surface area contributed by atoms with Crippen molar-refractivity contribution in [3.63, 3.8) is 0 Å². The van der Waals surface area contributed by atoms with E-state index in [4.69, 9.17) is 0 Å². The average molecular weight is 495 g/mol. The Hall–Kier alpha value is -4.16. The van der Waals surface area contributed by atoms with Gasteiger partial charge in [-0.15, -0.1) is 11.3 Å². The van der Waals surface area contributed by atoms with Crippen molar-refractivity contribution >= 4 is 39.1 Å². The molecule has 2 aromatic heterocycles. The number of fused-ring (bicyclic) bond motifs is 1. The van der Waals surface area contributed by atoms with Gasteiger partial charge in [0.15, 0.2) is 0 Å². The van der Waals surface area contributed by atoms with Gasteiger partial charge in [-0.2, -0.15) is 0 Å². The molecule has 0 unspecified atom stereocenters. The summed E-state index contributed by atoms with van der Waals surface area (Å²) in [6.45, 7) is 4.88. The lowest BCUT2D eigenvalue weighted by molar-refractivity contribution is 0.0697. The predicted molar refractivity (Wildman–Crippen MR) is 146 cm³/mol. The Balaban J connectivity index is 1.44. The summed E-state index contributed by atoms with van der Waals surface area (Å²) in [4.78, 5) is 26.4. The molecule has 1 N–H and O–H groups in total. The van der Waals surface area contributed by atoms with Crippen molar-refractivity contribution in [1.82, 2.24) is 4.57 Å². The number of hydrogen-bond donors (Lipinski definition) is 1. The van der Waals surface area contributed by atoms with E-state index in [1.807, 2.05) is 72.1 Å². The summed E-state index contributed by atoms with van der Waals surface area (Å²) < 4.78 is 2.27. The van der Waals surface area contributed by atoms with E-state index in [1.54, 1.807) is 35.4 Å². The fourth-order valence-corrected chi connectivity index (χ4v) is 5.33. The zero-order valence-electron chi connectivity index (χ0n) is 20.4. The molecule has 0 bridgehead atoms. The van der Waals surface area contributed by atoms with Crippen molar-refractivity contribution in [2.75, 3.05) is 11.9 Å². The zero-order valence-corrected chi connectivity index (χ0v) is 21.2. The standard InChI is InChI=1S/C30H26N2O3S/c1-19-20(2)32(18-21-10-12-22(13-11-21)24-7-4-5-8-25(24)30(34)35)27-15-14-23(17-26(19)27)29(33)31(3)28-9-6-16-36-28/h4-17H,18H2,1-3H3,(H,34,35). The van der Waals surface area contributed by atoms with Crippen LogP contribution in [0.5, 0.6) is 0 Å². The van der Waals surface area contributed by atoms with E-state index in [0.29, 0.717) is 23.2 Å². The highest BCUT2D eigenvalue weighted by atomic mass is 32.1. The molecule has 0 spiro atoms. The molecule has 5 nitrogen and oxygen atoms in total. The van der Waals surface area contributed by atoms with Gasteiger partial charge in [0.2, 0.25) is 0 Å². The van der Waals surface area contributed by atoms with Gasteiger partial charge in [-0.1, -0.05) is 42.5 Å². The van der Waals surface area contributed by atoms with Gasteiger partial charge in [-0.3, -0.25) is 4.79 Å². The number of carbonyl (C=O) groups is 2. The fraction of sp³-hybridized carbons (Fsp3) is 0.133. The van der Waals surface area contributed by atoms with E-state index in [0.717, 1.165) is 38.3 Å². The number of carbonyl (C=O) groups excluding carboxylic acids is 1. The molecule has 1 amide bonds. The quantitative estimate of drug-likeness (QED) is 0.276. The fourth-order valence-electron chi connectivity index (χ4n) is 4.63. The van der Waals surface area contributed by atoms with Crippen molar-refractivity contribution < 1.29 is 14.7 Å². The largest absolute Gasteiger partial charge is 0.478 e. The summed E-state index contributed by atoms with van der Waals surface area (Å²) in [5.41, 5.74) is 7.06. The van der Waals surface area contributed by atoms with Crippen LogP contribution in [0, 0.1) is 13.8 Å². The number of rotatable bonds is 6. The summed E-state index contributed by atoms with van der Waals surface area (Å²) in [5.74, 6) is -0.958. The minimum atomic E-state index is -0.931. The minimum absolute atomic E-state index is 0.0265. The molecule has 5 aromatic rings. The highest BCUT2D eigenvalue weighted by molar-refractivity contribution is 7.14. The Bertz CT molecular complexity index is 1580. The molecule has 0 aliphatic heterocycles. The summed E-state index contributed by atoms with van der Waals surface area (Å²) in [6, 6.07) is 24.9. The van der Waals surface area contributed by atoms with Gasteiger partial charge in [0, 0.05) is 35.8 Å². The van der Waals surface area contributed by atoms with Gasteiger partial charge in [0.05, 0.1) is 10.6 Å². The molecule has 0 fully saturated rings. The number of aromatic carboxylic acids is 1. The second-order valence-corrected chi connectivity index (χ2v) is 9.82. The van der Waals surface area contributed by atoms with E-state index < -0.39 is 5.97 Å². The van der Waals surface area contributed by atoms with Crippen LogP contribution < -0.4 is 4.90 Å². The van der Waals surface area contributed by atoms with Gasteiger partial charge in [0.25, 0.3) is 5.91 Å². The Kier molecular flexibility index (Phi) is 6.20. The van der Waals surface area contributed by atoms with Crippen LogP contribution >= 0.6 is 11.3 Å². The first kappa shape index (κ1) is 23.6. The number of aromatic nitrogens is 1. The highest BCUT2D eigenvalue weighted by Crippen LogP contribution is 2.30. The number of carboxylic acids is 1. The molecular formula is C30H26N2O3S. The van der Waals surface area contributed by atoms with Gasteiger partial charge < -0.3 is 14.6 Å². The Morgan fingerprint density at radius 1 is 0.944 bits per heavy atom. The zero-order chi connectivity index (χ0) is 25.4. The van der Waals surface area contributed by atoms with Gasteiger partial charge >= 0.3 is 5.97 Å².